The van der Waals surface area contributed by atoms with Crippen molar-refractivity contribution in [3.8, 4) is 11.1 Å². The van der Waals surface area contributed by atoms with Crippen LogP contribution in [0.3, 0.4) is 0 Å². The minimum atomic E-state index is 0.196. The number of hydrogen-bond donors (Lipinski definition) is 0. The molecule has 0 spiro atoms. The number of rotatable bonds is 21. The Morgan fingerprint density at radius 2 is 0.947 bits per heavy atom. The molecule has 0 radical (unpaired) electrons. The Hall–Kier alpha value is -1.08. The third-order valence-electron chi connectivity index (χ3n) is 9.12. The molecule has 0 saturated heterocycles. The lowest BCUT2D eigenvalue weighted by Gasteiger charge is -2.33. The van der Waals surface area contributed by atoms with Gasteiger partial charge in [-0.3, -0.25) is 0 Å². The quantitative estimate of drug-likeness (QED) is 0.129. The van der Waals surface area contributed by atoms with Gasteiger partial charge in [-0.15, -0.1) is 0 Å². The van der Waals surface area contributed by atoms with Gasteiger partial charge in [0.05, 0.1) is 0 Å². The normalized spacial score (nSPS) is 13.6. The fourth-order valence-corrected chi connectivity index (χ4v) is 7.22. The molecule has 3 rings (SSSR count). The highest BCUT2D eigenvalue weighted by Crippen LogP contribution is 2.55. The summed E-state index contributed by atoms with van der Waals surface area (Å²) in [6.07, 6.45) is 28.6. The van der Waals surface area contributed by atoms with Crippen LogP contribution in [-0.2, 0) is 11.8 Å². The Bertz CT molecular complexity index is 910. The molecule has 2 aromatic rings. The number of benzene rings is 2. The van der Waals surface area contributed by atoms with Gasteiger partial charge in [-0.1, -0.05) is 170 Å². The van der Waals surface area contributed by atoms with Gasteiger partial charge in [-0.25, -0.2) is 0 Å². The van der Waals surface area contributed by atoms with Crippen LogP contribution >= 0.6 is 15.9 Å². The third-order valence-corrected chi connectivity index (χ3v) is 9.61. The number of aryl methyl sites for hydroxylation is 1. The van der Waals surface area contributed by atoms with E-state index in [-0.39, 0.29) is 5.41 Å². The van der Waals surface area contributed by atoms with Gasteiger partial charge in [0.1, 0.15) is 0 Å². The molecule has 0 fully saturated rings. The monoisotopic (exact) mass is 580 g/mol. The van der Waals surface area contributed by atoms with E-state index in [9.17, 15) is 0 Å². The maximum atomic E-state index is 3.86. The summed E-state index contributed by atoms with van der Waals surface area (Å²) in [5, 5.41) is 0. The minimum Gasteiger partial charge on any atom is -0.0654 e. The first-order valence-electron chi connectivity index (χ1n) is 16.6. The Balaban J connectivity index is 1.82. The average Bonchev–Trinajstić information content (AvgIpc) is 3.18. The van der Waals surface area contributed by atoms with Crippen molar-refractivity contribution in [1.29, 1.82) is 0 Å². The molecule has 0 unspecified atom stereocenters. The summed E-state index contributed by atoms with van der Waals surface area (Å²) < 4.78 is 1.24. The molecular weight excluding hydrogens is 524 g/mol. The Morgan fingerprint density at radius 3 is 1.50 bits per heavy atom. The average molecular weight is 582 g/mol. The highest BCUT2D eigenvalue weighted by Gasteiger charge is 2.42. The molecule has 0 amide bonds. The van der Waals surface area contributed by atoms with Gasteiger partial charge in [-0.2, -0.15) is 0 Å². The van der Waals surface area contributed by atoms with E-state index in [1.54, 1.807) is 16.7 Å². The first kappa shape index (κ1) is 31.4. The van der Waals surface area contributed by atoms with Crippen molar-refractivity contribution < 1.29 is 0 Å². The van der Waals surface area contributed by atoms with Crippen LogP contribution in [0.15, 0.2) is 40.9 Å². The maximum Gasteiger partial charge on any atom is 0.0215 e. The van der Waals surface area contributed by atoms with Gasteiger partial charge < -0.3 is 0 Å². The number of unbranched alkanes of at least 4 members (excludes halogenated alkanes) is 15. The van der Waals surface area contributed by atoms with Crippen molar-refractivity contribution in [3.63, 3.8) is 0 Å². The molecule has 38 heavy (non-hydrogen) atoms. The molecule has 0 saturated carbocycles. The first-order valence-corrected chi connectivity index (χ1v) is 17.4. The molecule has 0 bridgehead atoms. The topological polar surface area (TPSA) is 0 Å². The summed E-state index contributed by atoms with van der Waals surface area (Å²) in [5.41, 5.74) is 8.07. The third kappa shape index (κ3) is 8.97. The second-order valence-corrected chi connectivity index (χ2v) is 13.1. The minimum absolute atomic E-state index is 0.196. The van der Waals surface area contributed by atoms with E-state index in [1.807, 2.05) is 0 Å². The van der Waals surface area contributed by atoms with Crippen LogP contribution in [-0.4, -0.2) is 0 Å². The Labute approximate surface area is 244 Å². The van der Waals surface area contributed by atoms with Crippen molar-refractivity contribution in [1.82, 2.24) is 0 Å². The van der Waals surface area contributed by atoms with Crippen LogP contribution in [0.2, 0.25) is 0 Å². The number of fused-ring (bicyclic) bond motifs is 3. The van der Waals surface area contributed by atoms with E-state index in [2.05, 4.69) is 73.1 Å². The van der Waals surface area contributed by atoms with Crippen molar-refractivity contribution in [2.24, 2.45) is 0 Å². The zero-order valence-electron chi connectivity index (χ0n) is 25.2. The zero-order valence-corrected chi connectivity index (χ0v) is 26.8. The molecule has 0 N–H and O–H groups in total. The van der Waals surface area contributed by atoms with E-state index in [4.69, 9.17) is 0 Å². The highest BCUT2D eigenvalue weighted by atomic mass is 79.9. The van der Waals surface area contributed by atoms with E-state index in [1.165, 1.54) is 150 Å². The second kappa shape index (κ2) is 17.6. The van der Waals surface area contributed by atoms with Crippen molar-refractivity contribution >= 4 is 15.9 Å². The maximum absolute atomic E-state index is 3.86. The van der Waals surface area contributed by atoms with Gasteiger partial charge in [0.2, 0.25) is 0 Å². The summed E-state index contributed by atoms with van der Waals surface area (Å²) in [7, 11) is 0. The lowest BCUT2D eigenvalue weighted by atomic mass is 9.70. The Morgan fingerprint density at radius 1 is 0.500 bits per heavy atom. The molecule has 1 heteroatoms. The SMILES string of the molecule is CCCCCCCCc1ccc2c(c1)C(CCCCCCCC)(CCCCCCCC)c1cc(Br)ccc1-2. The molecule has 0 aliphatic heterocycles. The summed E-state index contributed by atoms with van der Waals surface area (Å²) in [5.74, 6) is 0. The highest BCUT2D eigenvalue weighted by molar-refractivity contribution is 9.10. The molecule has 0 nitrogen and oxygen atoms in total. The molecule has 0 aromatic heterocycles. The van der Waals surface area contributed by atoms with Crippen molar-refractivity contribution in [2.45, 2.75) is 161 Å². The largest absolute Gasteiger partial charge is 0.0654 e. The van der Waals surface area contributed by atoms with Crippen LogP contribution in [0.25, 0.3) is 11.1 Å². The summed E-state index contributed by atoms with van der Waals surface area (Å²) >= 11 is 3.86. The van der Waals surface area contributed by atoms with E-state index < -0.39 is 0 Å². The molecule has 1 aliphatic carbocycles. The van der Waals surface area contributed by atoms with Gasteiger partial charge >= 0.3 is 0 Å². The number of halogens is 1. The molecule has 0 heterocycles. The van der Waals surface area contributed by atoms with E-state index in [0.717, 1.165) is 0 Å². The van der Waals surface area contributed by atoms with Crippen LogP contribution in [0, 0.1) is 0 Å². The second-order valence-electron chi connectivity index (χ2n) is 12.2. The molecular formula is C37H57Br. The number of hydrogen-bond acceptors (Lipinski definition) is 0. The van der Waals surface area contributed by atoms with Crippen molar-refractivity contribution in [3.05, 3.63) is 57.6 Å². The predicted octanol–water partition coefficient (Wildman–Crippen LogP) is 13.1. The lowest BCUT2D eigenvalue weighted by Crippen LogP contribution is -2.25. The lowest BCUT2D eigenvalue weighted by molar-refractivity contribution is 0.397. The predicted molar refractivity (Wildman–Crippen MR) is 173 cm³/mol. The van der Waals surface area contributed by atoms with Crippen LogP contribution in [0.1, 0.15) is 166 Å². The van der Waals surface area contributed by atoms with Crippen LogP contribution in [0.5, 0.6) is 0 Å². The van der Waals surface area contributed by atoms with Gasteiger partial charge in [0, 0.05) is 9.89 Å². The van der Waals surface area contributed by atoms with Gasteiger partial charge in [0.15, 0.2) is 0 Å². The summed E-state index contributed by atoms with van der Waals surface area (Å²) in [4.78, 5) is 0. The molecule has 2 aromatic carbocycles. The molecule has 212 valence electrons. The van der Waals surface area contributed by atoms with E-state index in [0.29, 0.717) is 0 Å². The van der Waals surface area contributed by atoms with Crippen molar-refractivity contribution in [2.75, 3.05) is 0 Å². The van der Waals surface area contributed by atoms with E-state index >= 15 is 0 Å². The summed E-state index contributed by atoms with van der Waals surface area (Å²) in [6.45, 7) is 6.95. The fourth-order valence-electron chi connectivity index (χ4n) is 6.86. The van der Waals surface area contributed by atoms with Gasteiger partial charge in [0.25, 0.3) is 0 Å². The Kier molecular flexibility index (Phi) is 14.5. The fraction of sp³-hybridized carbons (Fsp3) is 0.676. The standard InChI is InChI=1S/C37H57Br/c1-4-7-10-13-16-19-22-31-23-25-33-34-26-24-32(38)30-36(34)37(35(33)29-31,27-20-17-14-11-8-5-2)28-21-18-15-12-9-6-3/h23-26,29-30H,4-22,27-28H2,1-3H3. The zero-order chi connectivity index (χ0) is 27.1. The first-order chi connectivity index (χ1) is 18.7. The molecule has 1 aliphatic rings. The smallest absolute Gasteiger partial charge is 0.0215 e. The molecule has 0 atom stereocenters. The van der Waals surface area contributed by atoms with Crippen LogP contribution < -0.4 is 0 Å². The van der Waals surface area contributed by atoms with Gasteiger partial charge in [-0.05, 0) is 65.6 Å². The summed E-state index contributed by atoms with van der Waals surface area (Å²) in [6, 6.07) is 14.7. The van der Waals surface area contributed by atoms with Crippen LogP contribution in [0.4, 0.5) is 0 Å².